The smallest absolute Gasteiger partial charge is 0.0474 e. The third kappa shape index (κ3) is 5.02. The molecule has 1 aliphatic carbocycles. The molecule has 0 atom stereocenters. The Morgan fingerprint density at radius 3 is 1.74 bits per heavy atom. The first-order chi connectivity index (χ1) is 24.6. The van der Waals surface area contributed by atoms with E-state index in [1.54, 1.807) is 0 Å². The maximum atomic E-state index is 2.43. The lowest BCUT2D eigenvalue weighted by Crippen LogP contribution is -2.17. The number of fused-ring (bicyclic) bond motifs is 4. The van der Waals surface area contributed by atoms with Crippen molar-refractivity contribution in [3.63, 3.8) is 0 Å². The molecule has 8 aromatic carbocycles. The molecule has 0 aliphatic heterocycles. The van der Waals surface area contributed by atoms with Gasteiger partial charge in [0, 0.05) is 22.5 Å². The van der Waals surface area contributed by atoms with Crippen LogP contribution >= 0.6 is 0 Å². The zero-order valence-electron chi connectivity index (χ0n) is 28.3. The molecular weight excluding hydrogens is 603 g/mol. The van der Waals surface area contributed by atoms with Crippen LogP contribution in [-0.4, -0.2) is 0 Å². The number of nitrogens with zero attached hydrogens (tertiary/aromatic N) is 1. The zero-order chi connectivity index (χ0) is 33.7. The number of rotatable bonds is 6. The Hall–Kier alpha value is -6.18. The molecule has 9 rings (SSSR count). The topological polar surface area (TPSA) is 3.24 Å². The molecule has 0 unspecified atom stereocenters. The van der Waals surface area contributed by atoms with Crippen LogP contribution in [0.5, 0.6) is 0 Å². The fourth-order valence-corrected chi connectivity index (χ4v) is 8.05. The first kappa shape index (κ1) is 29.9. The van der Waals surface area contributed by atoms with Crippen LogP contribution in [0.4, 0.5) is 17.1 Å². The van der Waals surface area contributed by atoms with Crippen LogP contribution in [0.2, 0.25) is 0 Å². The molecule has 1 heteroatoms. The normalized spacial score (nSPS) is 12.8. The Morgan fingerprint density at radius 1 is 0.360 bits per heavy atom. The van der Waals surface area contributed by atoms with Gasteiger partial charge in [0.2, 0.25) is 0 Å². The monoisotopic (exact) mass is 639 g/mol. The van der Waals surface area contributed by atoms with Crippen LogP contribution in [0.1, 0.15) is 25.0 Å². The van der Waals surface area contributed by atoms with Gasteiger partial charge in [0.25, 0.3) is 0 Å². The summed E-state index contributed by atoms with van der Waals surface area (Å²) in [5.74, 6) is 0. The van der Waals surface area contributed by atoms with Crippen molar-refractivity contribution >= 4 is 27.8 Å². The lowest BCUT2D eigenvalue weighted by molar-refractivity contribution is 0.662. The summed E-state index contributed by atoms with van der Waals surface area (Å²) in [7, 11) is 0. The molecule has 8 aromatic rings. The van der Waals surface area contributed by atoms with Gasteiger partial charge in [-0.2, -0.15) is 0 Å². The van der Waals surface area contributed by atoms with E-state index in [1.807, 2.05) is 0 Å². The van der Waals surface area contributed by atoms with E-state index < -0.39 is 0 Å². The van der Waals surface area contributed by atoms with Crippen LogP contribution in [0.3, 0.4) is 0 Å². The standard InChI is InChI=1S/C49H37N/c1-49(2)47-26-12-11-24-44(47)46-33-41(32-45(48(46)49)36-17-7-4-8-18-36)50(40-22-13-21-38(31-40)34-15-5-3-6-16-34)39-29-27-37(28-30-39)43-25-14-20-35-19-9-10-23-42(35)43/h3-33H,1-2H3. The molecule has 0 bridgehead atoms. The minimum absolute atomic E-state index is 0.131. The summed E-state index contributed by atoms with van der Waals surface area (Å²) in [6.07, 6.45) is 0. The largest absolute Gasteiger partial charge is 0.310 e. The van der Waals surface area contributed by atoms with Gasteiger partial charge in [-0.25, -0.2) is 0 Å². The Kier molecular flexibility index (Phi) is 7.21. The Bertz CT molecular complexity index is 2490. The predicted molar refractivity (Wildman–Crippen MR) is 213 cm³/mol. The van der Waals surface area contributed by atoms with Gasteiger partial charge in [-0.05, 0) is 103 Å². The maximum Gasteiger partial charge on any atom is 0.0474 e. The van der Waals surface area contributed by atoms with Crippen LogP contribution in [-0.2, 0) is 5.41 Å². The third-order valence-electron chi connectivity index (χ3n) is 10.4. The molecular formula is C49H37N. The highest BCUT2D eigenvalue weighted by atomic mass is 15.1. The van der Waals surface area contributed by atoms with Gasteiger partial charge >= 0.3 is 0 Å². The van der Waals surface area contributed by atoms with Gasteiger partial charge in [-0.1, -0.05) is 166 Å². The van der Waals surface area contributed by atoms with Gasteiger partial charge < -0.3 is 4.90 Å². The molecule has 0 fully saturated rings. The third-order valence-corrected chi connectivity index (χ3v) is 10.4. The fourth-order valence-electron chi connectivity index (χ4n) is 8.05. The molecule has 0 N–H and O–H groups in total. The van der Waals surface area contributed by atoms with Gasteiger partial charge in [0.15, 0.2) is 0 Å². The minimum atomic E-state index is -0.131. The van der Waals surface area contributed by atoms with E-state index in [2.05, 4.69) is 207 Å². The number of hydrogen-bond donors (Lipinski definition) is 0. The number of hydrogen-bond acceptors (Lipinski definition) is 1. The van der Waals surface area contributed by atoms with Crippen molar-refractivity contribution in [2.24, 2.45) is 0 Å². The second-order valence-electron chi connectivity index (χ2n) is 13.8. The summed E-state index contributed by atoms with van der Waals surface area (Å²) in [5, 5.41) is 2.52. The van der Waals surface area contributed by atoms with Crippen molar-refractivity contribution in [2.75, 3.05) is 4.90 Å². The molecule has 0 heterocycles. The first-order valence-corrected chi connectivity index (χ1v) is 17.4. The van der Waals surface area contributed by atoms with Gasteiger partial charge in [0.1, 0.15) is 0 Å². The van der Waals surface area contributed by atoms with Crippen LogP contribution < -0.4 is 4.90 Å². The minimum Gasteiger partial charge on any atom is -0.310 e. The molecule has 1 nitrogen and oxygen atoms in total. The van der Waals surface area contributed by atoms with E-state index in [0.717, 1.165) is 17.1 Å². The highest BCUT2D eigenvalue weighted by Crippen LogP contribution is 2.54. The SMILES string of the molecule is CC1(C)c2ccccc2-c2cc(N(c3ccc(-c4cccc5ccccc45)cc3)c3cccc(-c4ccccc4)c3)cc(-c3ccccc3)c21. The van der Waals surface area contributed by atoms with E-state index in [4.69, 9.17) is 0 Å². The zero-order valence-corrected chi connectivity index (χ0v) is 28.3. The second-order valence-corrected chi connectivity index (χ2v) is 13.8. The van der Waals surface area contributed by atoms with Gasteiger partial charge in [-0.15, -0.1) is 0 Å². The van der Waals surface area contributed by atoms with Gasteiger partial charge in [0.05, 0.1) is 0 Å². The molecule has 0 aromatic heterocycles. The molecule has 0 saturated carbocycles. The second kappa shape index (κ2) is 12.1. The van der Waals surface area contributed by atoms with Crippen molar-refractivity contribution in [1.82, 2.24) is 0 Å². The molecule has 0 amide bonds. The molecule has 0 spiro atoms. The van der Waals surface area contributed by atoms with Crippen LogP contribution in [0, 0.1) is 0 Å². The summed E-state index contributed by atoms with van der Waals surface area (Å²) < 4.78 is 0. The summed E-state index contributed by atoms with van der Waals surface area (Å²) in [6, 6.07) is 68.6. The molecule has 0 saturated heterocycles. The van der Waals surface area contributed by atoms with Crippen molar-refractivity contribution in [3.8, 4) is 44.5 Å². The maximum absolute atomic E-state index is 2.43. The Labute approximate surface area is 294 Å². The summed E-state index contributed by atoms with van der Waals surface area (Å²) >= 11 is 0. The molecule has 50 heavy (non-hydrogen) atoms. The first-order valence-electron chi connectivity index (χ1n) is 17.4. The average Bonchev–Trinajstić information content (AvgIpc) is 3.41. The fraction of sp³-hybridized carbons (Fsp3) is 0.0612. The summed E-state index contributed by atoms with van der Waals surface area (Å²) in [5.41, 5.74) is 16.0. The summed E-state index contributed by atoms with van der Waals surface area (Å²) in [4.78, 5) is 2.43. The van der Waals surface area contributed by atoms with Crippen LogP contribution in [0.15, 0.2) is 188 Å². The number of anilines is 3. The number of benzene rings is 8. The Balaban J connectivity index is 1.27. The van der Waals surface area contributed by atoms with Crippen molar-refractivity contribution in [1.29, 1.82) is 0 Å². The van der Waals surface area contributed by atoms with E-state index in [0.29, 0.717) is 0 Å². The van der Waals surface area contributed by atoms with Crippen molar-refractivity contribution < 1.29 is 0 Å². The lowest BCUT2D eigenvalue weighted by Gasteiger charge is -2.30. The lowest BCUT2D eigenvalue weighted by atomic mass is 9.78. The predicted octanol–water partition coefficient (Wildman–Crippen LogP) is 13.6. The Morgan fingerprint density at radius 2 is 0.940 bits per heavy atom. The van der Waals surface area contributed by atoms with Gasteiger partial charge in [-0.3, -0.25) is 0 Å². The molecule has 238 valence electrons. The summed E-state index contributed by atoms with van der Waals surface area (Å²) in [6.45, 7) is 4.74. The van der Waals surface area contributed by atoms with Crippen molar-refractivity contribution in [2.45, 2.75) is 19.3 Å². The molecule has 0 radical (unpaired) electrons. The van der Waals surface area contributed by atoms with Crippen LogP contribution in [0.25, 0.3) is 55.3 Å². The highest BCUT2D eigenvalue weighted by molar-refractivity contribution is 5.97. The average molecular weight is 640 g/mol. The quantitative estimate of drug-likeness (QED) is 0.175. The molecule has 1 aliphatic rings. The van der Waals surface area contributed by atoms with Crippen molar-refractivity contribution in [3.05, 3.63) is 199 Å². The highest BCUT2D eigenvalue weighted by Gasteiger charge is 2.38. The van der Waals surface area contributed by atoms with E-state index in [-0.39, 0.29) is 5.41 Å². The van der Waals surface area contributed by atoms with E-state index in [1.165, 1.54) is 66.4 Å². The van der Waals surface area contributed by atoms with E-state index >= 15 is 0 Å². The van der Waals surface area contributed by atoms with E-state index in [9.17, 15) is 0 Å².